The van der Waals surface area contributed by atoms with E-state index < -0.39 is 0 Å². The van der Waals surface area contributed by atoms with Crippen LogP contribution < -0.4 is 10.6 Å². The van der Waals surface area contributed by atoms with Crippen LogP contribution in [0.1, 0.15) is 25.3 Å². The minimum Gasteiger partial charge on any atom is -0.354 e. The van der Waals surface area contributed by atoms with Crippen LogP contribution in [-0.2, 0) is 17.9 Å². The molecule has 2 N–H and O–H groups in total. The molecule has 3 rings (SSSR count). The number of hydrogen-bond acceptors (Lipinski definition) is 2. The van der Waals surface area contributed by atoms with Crippen LogP contribution in [0.2, 0.25) is 0 Å². The normalized spacial score (nSPS) is 14.5. The van der Waals surface area contributed by atoms with Gasteiger partial charge < -0.3 is 15.2 Å². The Morgan fingerprint density at radius 2 is 2.14 bits per heavy atom. The second kappa shape index (κ2) is 6.31. The van der Waals surface area contributed by atoms with E-state index in [1.54, 1.807) is 0 Å². The molecule has 21 heavy (non-hydrogen) atoms. The van der Waals surface area contributed by atoms with Crippen molar-refractivity contribution in [1.82, 2.24) is 15.2 Å². The minimum atomic E-state index is 0.109. The van der Waals surface area contributed by atoms with Crippen LogP contribution in [0.5, 0.6) is 0 Å². The highest BCUT2D eigenvalue weighted by Crippen LogP contribution is 2.27. The van der Waals surface area contributed by atoms with Crippen molar-refractivity contribution in [1.29, 1.82) is 0 Å². The van der Waals surface area contributed by atoms with Crippen LogP contribution in [0.4, 0.5) is 0 Å². The van der Waals surface area contributed by atoms with E-state index in [-0.39, 0.29) is 5.91 Å². The molecule has 0 atom stereocenters. The number of benzene rings is 1. The van der Waals surface area contributed by atoms with Crippen molar-refractivity contribution in [2.24, 2.45) is 5.92 Å². The summed E-state index contributed by atoms with van der Waals surface area (Å²) in [5, 5.41) is 7.62. The summed E-state index contributed by atoms with van der Waals surface area (Å²) in [6.45, 7) is 5.13. The third-order valence-corrected chi connectivity index (χ3v) is 4.04. The Morgan fingerprint density at radius 1 is 1.33 bits per heavy atom. The number of hydrogen-bond donors (Lipinski definition) is 2. The summed E-state index contributed by atoms with van der Waals surface area (Å²) in [6, 6.07) is 8.28. The topological polar surface area (TPSA) is 46.1 Å². The first kappa shape index (κ1) is 14.1. The molecule has 1 aromatic heterocycles. The molecule has 0 radical (unpaired) electrons. The zero-order valence-electron chi connectivity index (χ0n) is 12.6. The van der Waals surface area contributed by atoms with E-state index in [0.29, 0.717) is 6.54 Å². The molecule has 0 saturated heterocycles. The average molecular weight is 285 g/mol. The number of nitrogens with one attached hydrogen (secondary N) is 2. The maximum atomic E-state index is 12.1. The van der Waals surface area contributed by atoms with Crippen molar-refractivity contribution < 1.29 is 4.79 Å². The highest BCUT2D eigenvalue weighted by molar-refractivity contribution is 5.86. The lowest BCUT2D eigenvalue weighted by Crippen LogP contribution is -2.29. The molecule has 0 aliphatic heterocycles. The van der Waals surface area contributed by atoms with Gasteiger partial charge in [-0.25, -0.2) is 0 Å². The number of aromatic nitrogens is 1. The molecule has 1 aromatic carbocycles. The molecule has 2 aromatic rings. The molecule has 1 amide bonds. The summed E-state index contributed by atoms with van der Waals surface area (Å²) in [7, 11) is 0. The van der Waals surface area contributed by atoms with Gasteiger partial charge in [-0.3, -0.25) is 4.79 Å². The van der Waals surface area contributed by atoms with Gasteiger partial charge in [0.1, 0.15) is 6.54 Å². The first-order valence-corrected chi connectivity index (χ1v) is 7.82. The van der Waals surface area contributed by atoms with E-state index in [4.69, 9.17) is 0 Å². The summed E-state index contributed by atoms with van der Waals surface area (Å²) < 4.78 is 2.06. The lowest BCUT2D eigenvalue weighted by atomic mass is 10.2. The van der Waals surface area contributed by atoms with Gasteiger partial charge in [0.05, 0.1) is 0 Å². The van der Waals surface area contributed by atoms with Gasteiger partial charge in [0.25, 0.3) is 0 Å². The Labute approximate surface area is 125 Å². The monoisotopic (exact) mass is 285 g/mol. The molecule has 112 valence electrons. The van der Waals surface area contributed by atoms with Crippen LogP contribution in [-0.4, -0.2) is 23.6 Å². The van der Waals surface area contributed by atoms with Crippen LogP contribution >= 0.6 is 0 Å². The largest absolute Gasteiger partial charge is 0.354 e. The number of rotatable bonds is 7. The summed E-state index contributed by atoms with van der Waals surface area (Å²) in [6.07, 6.45) is 4.63. The smallest absolute Gasteiger partial charge is 0.239 e. The number of carbonyl (C=O) groups is 1. The summed E-state index contributed by atoms with van der Waals surface area (Å²) >= 11 is 0. The second-order valence-electron chi connectivity index (χ2n) is 5.83. The van der Waals surface area contributed by atoms with Crippen molar-refractivity contribution in [2.45, 2.75) is 32.9 Å². The Balaban J connectivity index is 1.75. The fourth-order valence-corrected chi connectivity index (χ4v) is 2.64. The molecule has 0 bridgehead atoms. The van der Waals surface area contributed by atoms with E-state index in [1.165, 1.54) is 23.8 Å². The lowest BCUT2D eigenvalue weighted by Gasteiger charge is -2.06. The quantitative estimate of drug-likeness (QED) is 0.820. The van der Waals surface area contributed by atoms with Crippen molar-refractivity contribution >= 4 is 16.8 Å². The first-order valence-electron chi connectivity index (χ1n) is 7.82. The van der Waals surface area contributed by atoms with Crippen LogP contribution in [0.3, 0.4) is 0 Å². The predicted molar refractivity (Wildman–Crippen MR) is 85.1 cm³/mol. The van der Waals surface area contributed by atoms with Crippen molar-refractivity contribution in [3.05, 3.63) is 36.0 Å². The second-order valence-corrected chi connectivity index (χ2v) is 5.83. The standard InChI is InChI=1S/C17H23N3O/c1-2-18-10-14-11-20(16-6-4-3-5-15(14)16)12-17(21)19-9-13-7-8-13/h3-6,11,13,18H,2,7-10,12H2,1H3,(H,19,21). The Morgan fingerprint density at radius 3 is 2.90 bits per heavy atom. The molecule has 1 fully saturated rings. The highest BCUT2D eigenvalue weighted by atomic mass is 16.1. The maximum Gasteiger partial charge on any atom is 0.239 e. The lowest BCUT2D eigenvalue weighted by molar-refractivity contribution is -0.121. The van der Waals surface area contributed by atoms with E-state index in [0.717, 1.165) is 31.1 Å². The summed E-state index contributed by atoms with van der Waals surface area (Å²) in [5.41, 5.74) is 2.38. The molecule has 0 unspecified atom stereocenters. The van der Waals surface area contributed by atoms with Crippen molar-refractivity contribution in [3.63, 3.8) is 0 Å². The van der Waals surface area contributed by atoms with Gasteiger partial charge in [-0.2, -0.15) is 0 Å². The number of fused-ring (bicyclic) bond motifs is 1. The third kappa shape index (κ3) is 3.45. The summed E-state index contributed by atoms with van der Waals surface area (Å²) in [4.78, 5) is 12.1. The number of para-hydroxylation sites is 1. The van der Waals surface area contributed by atoms with E-state index in [9.17, 15) is 4.79 Å². The predicted octanol–water partition coefficient (Wildman–Crippen LogP) is 2.28. The Kier molecular flexibility index (Phi) is 4.25. The average Bonchev–Trinajstić information content (AvgIpc) is 3.27. The molecule has 1 saturated carbocycles. The Hall–Kier alpha value is -1.81. The van der Waals surface area contributed by atoms with Gasteiger partial charge in [0.15, 0.2) is 0 Å². The van der Waals surface area contributed by atoms with Gasteiger partial charge in [0, 0.05) is 30.2 Å². The highest BCUT2D eigenvalue weighted by Gasteiger charge is 2.21. The number of nitrogens with zero attached hydrogens (tertiary/aromatic N) is 1. The molecule has 4 nitrogen and oxygen atoms in total. The molecule has 1 heterocycles. The summed E-state index contributed by atoms with van der Waals surface area (Å²) in [5.74, 6) is 0.831. The zero-order chi connectivity index (χ0) is 14.7. The van der Waals surface area contributed by atoms with Crippen molar-refractivity contribution in [3.8, 4) is 0 Å². The van der Waals surface area contributed by atoms with Crippen LogP contribution in [0, 0.1) is 5.92 Å². The van der Waals surface area contributed by atoms with Crippen LogP contribution in [0.15, 0.2) is 30.5 Å². The SMILES string of the molecule is CCNCc1cn(CC(=O)NCC2CC2)c2ccccc12. The first-order chi connectivity index (χ1) is 10.3. The van der Waals surface area contributed by atoms with Gasteiger partial charge in [-0.05, 0) is 36.9 Å². The Bertz CT molecular complexity index is 628. The van der Waals surface area contributed by atoms with E-state index in [2.05, 4.69) is 46.5 Å². The number of carbonyl (C=O) groups excluding carboxylic acids is 1. The molecule has 0 spiro atoms. The van der Waals surface area contributed by atoms with Gasteiger partial charge in [-0.1, -0.05) is 25.1 Å². The van der Waals surface area contributed by atoms with Gasteiger partial charge in [0.2, 0.25) is 5.91 Å². The van der Waals surface area contributed by atoms with Gasteiger partial charge in [-0.15, -0.1) is 0 Å². The molecular weight excluding hydrogens is 262 g/mol. The van der Waals surface area contributed by atoms with E-state index >= 15 is 0 Å². The maximum absolute atomic E-state index is 12.1. The zero-order valence-corrected chi connectivity index (χ0v) is 12.6. The molecule has 1 aliphatic carbocycles. The fourth-order valence-electron chi connectivity index (χ4n) is 2.64. The minimum absolute atomic E-state index is 0.109. The third-order valence-electron chi connectivity index (χ3n) is 4.04. The fraction of sp³-hybridized carbons (Fsp3) is 0.471. The molecule has 1 aliphatic rings. The molecular formula is C17H23N3O. The van der Waals surface area contributed by atoms with Crippen molar-refractivity contribution in [2.75, 3.05) is 13.1 Å². The van der Waals surface area contributed by atoms with Crippen LogP contribution in [0.25, 0.3) is 10.9 Å². The van der Waals surface area contributed by atoms with E-state index in [1.807, 2.05) is 6.07 Å². The number of amides is 1. The van der Waals surface area contributed by atoms with Gasteiger partial charge >= 0.3 is 0 Å². The molecule has 4 heteroatoms.